The first-order valence-electron chi connectivity index (χ1n) is 7.78. The maximum Gasteiger partial charge on any atom is 0.274 e. The van der Waals surface area contributed by atoms with Gasteiger partial charge in [-0.15, -0.1) is 10.2 Å². The Bertz CT molecular complexity index is 695. The van der Waals surface area contributed by atoms with Gasteiger partial charge in [-0.25, -0.2) is 0 Å². The van der Waals surface area contributed by atoms with Gasteiger partial charge in [-0.3, -0.25) is 4.79 Å². The fourth-order valence-corrected chi connectivity index (χ4v) is 3.22. The maximum atomic E-state index is 11.2. The second kappa shape index (κ2) is 6.68. The van der Waals surface area contributed by atoms with Crippen LogP contribution in [0.1, 0.15) is 31.7 Å². The maximum absolute atomic E-state index is 11.2. The van der Waals surface area contributed by atoms with Gasteiger partial charge in [-0.05, 0) is 25.1 Å². The number of halogens is 1. The molecule has 0 aliphatic carbocycles. The molecule has 6 nitrogen and oxygen atoms in total. The Hall–Kier alpha value is -1.92. The van der Waals surface area contributed by atoms with E-state index in [-0.39, 0.29) is 17.9 Å². The second-order valence-corrected chi connectivity index (χ2v) is 6.45. The van der Waals surface area contributed by atoms with Crippen molar-refractivity contribution in [2.75, 3.05) is 13.1 Å². The van der Waals surface area contributed by atoms with Crippen LogP contribution in [-0.4, -0.2) is 29.2 Å². The highest BCUT2D eigenvalue weighted by molar-refractivity contribution is 6.30. The third-order valence-corrected chi connectivity index (χ3v) is 4.76. The van der Waals surface area contributed by atoms with E-state index in [1.165, 1.54) is 4.90 Å². The van der Waals surface area contributed by atoms with Crippen molar-refractivity contribution in [2.24, 2.45) is 11.7 Å². The minimum Gasteiger partial charge on any atom is -0.415 e. The van der Waals surface area contributed by atoms with Gasteiger partial charge in [0, 0.05) is 29.3 Å². The third-order valence-electron chi connectivity index (χ3n) is 4.53. The van der Waals surface area contributed by atoms with Crippen LogP contribution < -0.4 is 10.6 Å². The Labute approximate surface area is 139 Å². The normalized spacial score (nSPS) is 22.7. The SMILES string of the molecule is C[C@H](c1nnc(-c2cccc(Cl)c2)o1)[NH+]1CCC(C(N)=O)CC1. The zero-order chi connectivity index (χ0) is 16.4. The Morgan fingerprint density at radius 2 is 2.13 bits per heavy atom. The summed E-state index contributed by atoms with van der Waals surface area (Å²) in [5.41, 5.74) is 6.19. The summed E-state index contributed by atoms with van der Waals surface area (Å²) < 4.78 is 5.82. The number of benzene rings is 1. The zero-order valence-electron chi connectivity index (χ0n) is 13.0. The molecule has 2 aromatic rings. The molecule has 1 saturated heterocycles. The highest BCUT2D eigenvalue weighted by Gasteiger charge is 2.32. The number of amides is 1. The summed E-state index contributed by atoms with van der Waals surface area (Å²) in [6.45, 7) is 3.82. The molecule has 1 atom stereocenters. The van der Waals surface area contributed by atoms with E-state index < -0.39 is 0 Å². The third kappa shape index (κ3) is 3.54. The number of nitrogens with zero attached hydrogens (tertiary/aromatic N) is 2. The van der Waals surface area contributed by atoms with Crippen molar-refractivity contribution in [1.29, 1.82) is 0 Å². The Balaban J connectivity index is 1.69. The van der Waals surface area contributed by atoms with Crippen LogP contribution >= 0.6 is 11.6 Å². The Morgan fingerprint density at radius 3 is 2.78 bits per heavy atom. The minimum absolute atomic E-state index is 0.00402. The van der Waals surface area contributed by atoms with E-state index in [2.05, 4.69) is 17.1 Å². The molecule has 3 N–H and O–H groups in total. The van der Waals surface area contributed by atoms with E-state index in [1.807, 2.05) is 12.1 Å². The van der Waals surface area contributed by atoms with Gasteiger partial charge in [0.05, 0.1) is 13.1 Å². The molecule has 1 aliphatic rings. The van der Waals surface area contributed by atoms with Gasteiger partial charge in [-0.2, -0.15) is 0 Å². The van der Waals surface area contributed by atoms with Crippen LogP contribution in [0.2, 0.25) is 5.02 Å². The highest BCUT2D eigenvalue weighted by atomic mass is 35.5. The van der Waals surface area contributed by atoms with Crippen LogP contribution in [0.15, 0.2) is 28.7 Å². The molecule has 2 heterocycles. The number of nitrogens with two attached hydrogens (primary N) is 1. The number of hydrogen-bond acceptors (Lipinski definition) is 4. The number of quaternary nitrogens is 1. The molecule has 1 aromatic heterocycles. The molecule has 0 saturated carbocycles. The Kier molecular flexibility index (Phi) is 4.63. The van der Waals surface area contributed by atoms with Crippen LogP contribution in [0.25, 0.3) is 11.5 Å². The summed E-state index contributed by atoms with van der Waals surface area (Å²) in [6, 6.07) is 7.43. The van der Waals surface area contributed by atoms with Crippen molar-refractivity contribution in [3.8, 4) is 11.5 Å². The molecule has 1 aromatic carbocycles. The van der Waals surface area contributed by atoms with E-state index in [1.54, 1.807) is 12.1 Å². The van der Waals surface area contributed by atoms with Crippen LogP contribution in [-0.2, 0) is 4.79 Å². The topological polar surface area (TPSA) is 86.4 Å². The number of likely N-dealkylation sites (tertiary alicyclic amines) is 1. The van der Waals surface area contributed by atoms with Crippen molar-refractivity contribution in [3.63, 3.8) is 0 Å². The average molecular weight is 336 g/mol. The van der Waals surface area contributed by atoms with Crippen LogP contribution in [0.3, 0.4) is 0 Å². The lowest BCUT2D eigenvalue weighted by Gasteiger charge is -2.30. The summed E-state index contributed by atoms with van der Waals surface area (Å²) in [7, 11) is 0. The number of primary amides is 1. The van der Waals surface area contributed by atoms with E-state index in [9.17, 15) is 4.79 Å². The molecule has 0 bridgehead atoms. The molecule has 3 rings (SSSR count). The first-order chi connectivity index (χ1) is 11.0. The molecule has 122 valence electrons. The standard InChI is InChI=1S/C16H19ClN4O2/c1-10(21-7-5-11(6-8-21)14(18)22)15-19-20-16(23-15)12-3-2-4-13(17)9-12/h2-4,9-11H,5-8H2,1H3,(H2,18,22)/p+1/t10-/m1/s1. The molecule has 23 heavy (non-hydrogen) atoms. The molecule has 0 radical (unpaired) electrons. The van der Waals surface area contributed by atoms with Gasteiger partial charge in [0.25, 0.3) is 5.89 Å². The van der Waals surface area contributed by atoms with Crippen molar-refractivity contribution < 1.29 is 14.1 Å². The smallest absolute Gasteiger partial charge is 0.274 e. The average Bonchev–Trinajstić information content (AvgIpc) is 3.04. The predicted molar refractivity (Wildman–Crippen MR) is 85.8 cm³/mol. The lowest BCUT2D eigenvalue weighted by Crippen LogP contribution is -3.13. The van der Waals surface area contributed by atoms with Gasteiger partial charge < -0.3 is 15.1 Å². The van der Waals surface area contributed by atoms with Crippen LogP contribution in [0, 0.1) is 5.92 Å². The van der Waals surface area contributed by atoms with Crippen LogP contribution in [0.5, 0.6) is 0 Å². The number of carbonyl (C=O) groups excluding carboxylic acids is 1. The molecule has 1 aliphatic heterocycles. The van der Waals surface area contributed by atoms with Crippen LogP contribution in [0.4, 0.5) is 0 Å². The summed E-state index contributed by atoms with van der Waals surface area (Å²) in [5, 5.41) is 8.94. The predicted octanol–water partition coefficient (Wildman–Crippen LogP) is 1.23. The molecule has 0 spiro atoms. The largest absolute Gasteiger partial charge is 0.415 e. The van der Waals surface area contributed by atoms with E-state index in [0.29, 0.717) is 16.8 Å². The highest BCUT2D eigenvalue weighted by Crippen LogP contribution is 2.23. The number of hydrogen-bond donors (Lipinski definition) is 2. The summed E-state index contributed by atoms with van der Waals surface area (Å²) >= 11 is 5.99. The fraction of sp³-hybridized carbons (Fsp3) is 0.438. The number of aromatic nitrogens is 2. The quantitative estimate of drug-likeness (QED) is 0.880. The van der Waals surface area contributed by atoms with E-state index in [4.69, 9.17) is 21.8 Å². The molecule has 1 fully saturated rings. The fourth-order valence-electron chi connectivity index (χ4n) is 3.03. The lowest BCUT2D eigenvalue weighted by molar-refractivity contribution is -0.936. The first-order valence-corrected chi connectivity index (χ1v) is 8.15. The molecule has 1 amide bonds. The lowest BCUT2D eigenvalue weighted by atomic mass is 9.95. The summed E-state index contributed by atoms with van der Waals surface area (Å²) in [6.07, 6.45) is 1.62. The van der Waals surface area contributed by atoms with Crippen molar-refractivity contribution in [3.05, 3.63) is 35.2 Å². The van der Waals surface area contributed by atoms with Gasteiger partial charge in [0.2, 0.25) is 11.8 Å². The van der Waals surface area contributed by atoms with E-state index in [0.717, 1.165) is 31.5 Å². The van der Waals surface area contributed by atoms with Gasteiger partial charge in [0.15, 0.2) is 6.04 Å². The summed E-state index contributed by atoms with van der Waals surface area (Å²) in [5.74, 6) is 0.877. The minimum atomic E-state index is -0.197. The monoisotopic (exact) mass is 335 g/mol. The number of carbonyl (C=O) groups is 1. The molecule has 0 unspecified atom stereocenters. The number of rotatable bonds is 4. The van der Waals surface area contributed by atoms with Gasteiger partial charge in [0.1, 0.15) is 0 Å². The zero-order valence-corrected chi connectivity index (χ0v) is 13.7. The first kappa shape index (κ1) is 16.0. The van der Waals surface area contributed by atoms with Crippen molar-refractivity contribution in [2.45, 2.75) is 25.8 Å². The molecule has 7 heteroatoms. The van der Waals surface area contributed by atoms with Gasteiger partial charge in [-0.1, -0.05) is 17.7 Å². The number of nitrogens with one attached hydrogen (secondary N) is 1. The van der Waals surface area contributed by atoms with E-state index >= 15 is 0 Å². The van der Waals surface area contributed by atoms with Crippen molar-refractivity contribution >= 4 is 17.5 Å². The Morgan fingerprint density at radius 1 is 1.39 bits per heavy atom. The summed E-state index contributed by atoms with van der Waals surface area (Å²) in [4.78, 5) is 12.6. The second-order valence-electron chi connectivity index (χ2n) is 6.01. The molecular weight excluding hydrogens is 316 g/mol. The number of piperidine rings is 1. The molecular formula is C16H20ClN4O2+. The van der Waals surface area contributed by atoms with Crippen molar-refractivity contribution in [1.82, 2.24) is 10.2 Å². The van der Waals surface area contributed by atoms with Gasteiger partial charge >= 0.3 is 0 Å².